The standard InChI is InChI=1S/C13H14N2OS/c1-11(16)15(10-13-14-7-8-17-13)9-12-5-3-2-4-6-12/h2-8H,9-10H2,1H3. The monoisotopic (exact) mass is 246 g/mol. The highest BCUT2D eigenvalue weighted by atomic mass is 32.1. The van der Waals surface area contributed by atoms with Crippen molar-refractivity contribution in [3.63, 3.8) is 0 Å². The van der Waals surface area contributed by atoms with Gasteiger partial charge in [0, 0.05) is 25.0 Å². The maximum absolute atomic E-state index is 11.6. The lowest BCUT2D eigenvalue weighted by atomic mass is 10.2. The summed E-state index contributed by atoms with van der Waals surface area (Å²) in [5.41, 5.74) is 1.14. The highest BCUT2D eigenvalue weighted by molar-refractivity contribution is 7.09. The number of nitrogens with zero attached hydrogens (tertiary/aromatic N) is 2. The van der Waals surface area contributed by atoms with Crippen molar-refractivity contribution < 1.29 is 4.79 Å². The molecule has 88 valence electrons. The first-order valence-electron chi connectivity index (χ1n) is 5.43. The highest BCUT2D eigenvalue weighted by Crippen LogP contribution is 2.12. The topological polar surface area (TPSA) is 33.2 Å². The van der Waals surface area contributed by atoms with E-state index in [1.807, 2.05) is 35.7 Å². The molecule has 0 saturated carbocycles. The van der Waals surface area contributed by atoms with E-state index in [1.165, 1.54) is 0 Å². The second-order valence-electron chi connectivity index (χ2n) is 3.79. The van der Waals surface area contributed by atoms with Crippen LogP contribution in [0.2, 0.25) is 0 Å². The Morgan fingerprint density at radius 3 is 2.65 bits per heavy atom. The van der Waals surface area contributed by atoms with E-state index < -0.39 is 0 Å². The Kier molecular flexibility index (Phi) is 3.88. The minimum atomic E-state index is 0.0732. The van der Waals surface area contributed by atoms with E-state index in [-0.39, 0.29) is 5.91 Å². The molecule has 0 atom stereocenters. The van der Waals surface area contributed by atoms with Crippen LogP contribution in [-0.2, 0) is 17.9 Å². The average molecular weight is 246 g/mol. The fraction of sp³-hybridized carbons (Fsp3) is 0.231. The van der Waals surface area contributed by atoms with E-state index in [9.17, 15) is 4.79 Å². The number of rotatable bonds is 4. The summed E-state index contributed by atoms with van der Waals surface area (Å²) < 4.78 is 0. The summed E-state index contributed by atoms with van der Waals surface area (Å²) in [6.45, 7) is 2.81. The third kappa shape index (κ3) is 3.39. The molecule has 17 heavy (non-hydrogen) atoms. The summed E-state index contributed by atoms with van der Waals surface area (Å²) in [6, 6.07) is 9.99. The van der Waals surface area contributed by atoms with Gasteiger partial charge in [0.1, 0.15) is 5.01 Å². The second kappa shape index (κ2) is 5.59. The Morgan fingerprint density at radius 2 is 2.06 bits per heavy atom. The van der Waals surface area contributed by atoms with Crippen LogP contribution in [0.3, 0.4) is 0 Å². The normalized spacial score (nSPS) is 10.2. The van der Waals surface area contributed by atoms with Gasteiger partial charge in [-0.3, -0.25) is 4.79 Å². The van der Waals surface area contributed by atoms with Crippen molar-refractivity contribution in [3.05, 3.63) is 52.5 Å². The fourth-order valence-electron chi connectivity index (χ4n) is 1.58. The van der Waals surface area contributed by atoms with Crippen LogP contribution in [0.15, 0.2) is 41.9 Å². The molecular formula is C13H14N2OS. The summed E-state index contributed by atoms with van der Waals surface area (Å²) >= 11 is 1.57. The molecule has 0 saturated heterocycles. The molecule has 3 nitrogen and oxygen atoms in total. The van der Waals surface area contributed by atoms with Crippen molar-refractivity contribution in [1.82, 2.24) is 9.88 Å². The van der Waals surface area contributed by atoms with Gasteiger partial charge in [0.15, 0.2) is 0 Å². The first kappa shape index (κ1) is 11.8. The van der Waals surface area contributed by atoms with E-state index in [2.05, 4.69) is 4.98 Å². The Labute approximate surface area is 105 Å². The van der Waals surface area contributed by atoms with E-state index >= 15 is 0 Å². The maximum atomic E-state index is 11.6. The SMILES string of the molecule is CC(=O)N(Cc1ccccc1)Cc1nccs1. The summed E-state index contributed by atoms with van der Waals surface area (Å²) in [5.74, 6) is 0.0732. The molecule has 0 unspecified atom stereocenters. The first-order valence-corrected chi connectivity index (χ1v) is 6.31. The number of amides is 1. The summed E-state index contributed by atoms with van der Waals surface area (Å²) in [7, 11) is 0. The van der Waals surface area contributed by atoms with Crippen molar-refractivity contribution in [3.8, 4) is 0 Å². The Bertz CT molecular complexity index is 467. The molecular weight excluding hydrogens is 232 g/mol. The molecule has 0 aliphatic heterocycles. The lowest BCUT2D eigenvalue weighted by molar-refractivity contribution is -0.130. The van der Waals surface area contributed by atoms with Crippen LogP contribution in [0.5, 0.6) is 0 Å². The Hall–Kier alpha value is -1.68. The van der Waals surface area contributed by atoms with Crippen LogP contribution in [0.4, 0.5) is 0 Å². The van der Waals surface area contributed by atoms with E-state index in [0.717, 1.165) is 10.6 Å². The van der Waals surface area contributed by atoms with E-state index in [0.29, 0.717) is 13.1 Å². The smallest absolute Gasteiger partial charge is 0.220 e. The fourth-order valence-corrected chi connectivity index (χ4v) is 2.21. The highest BCUT2D eigenvalue weighted by Gasteiger charge is 2.11. The number of carbonyl (C=O) groups is 1. The summed E-state index contributed by atoms with van der Waals surface area (Å²) in [4.78, 5) is 17.6. The number of carbonyl (C=O) groups excluding carboxylic acids is 1. The van der Waals surface area contributed by atoms with Crippen LogP contribution < -0.4 is 0 Å². The van der Waals surface area contributed by atoms with E-state index in [4.69, 9.17) is 0 Å². The zero-order chi connectivity index (χ0) is 12.1. The molecule has 0 N–H and O–H groups in total. The number of hydrogen-bond donors (Lipinski definition) is 0. The van der Waals surface area contributed by atoms with Crippen molar-refractivity contribution in [2.45, 2.75) is 20.0 Å². The predicted molar refractivity (Wildman–Crippen MR) is 68.5 cm³/mol. The minimum Gasteiger partial charge on any atom is -0.332 e. The van der Waals surface area contributed by atoms with Gasteiger partial charge in [0.2, 0.25) is 5.91 Å². The van der Waals surface area contributed by atoms with Crippen LogP contribution in [0.1, 0.15) is 17.5 Å². The number of thiazole rings is 1. The predicted octanol–water partition coefficient (Wildman–Crippen LogP) is 2.69. The molecule has 2 aromatic rings. The molecule has 0 radical (unpaired) electrons. The van der Waals surface area contributed by atoms with Gasteiger partial charge in [-0.25, -0.2) is 4.98 Å². The molecule has 0 spiro atoms. The van der Waals surface area contributed by atoms with Crippen LogP contribution >= 0.6 is 11.3 Å². The van der Waals surface area contributed by atoms with Gasteiger partial charge in [-0.1, -0.05) is 30.3 Å². The molecule has 2 rings (SSSR count). The Morgan fingerprint density at radius 1 is 1.29 bits per heavy atom. The molecule has 1 aromatic heterocycles. The van der Waals surface area contributed by atoms with Crippen molar-refractivity contribution >= 4 is 17.2 Å². The number of hydrogen-bond acceptors (Lipinski definition) is 3. The molecule has 4 heteroatoms. The number of benzene rings is 1. The van der Waals surface area contributed by atoms with Crippen LogP contribution in [0.25, 0.3) is 0 Å². The summed E-state index contributed by atoms with van der Waals surface area (Å²) in [6.07, 6.45) is 1.76. The minimum absolute atomic E-state index is 0.0732. The molecule has 1 amide bonds. The van der Waals surface area contributed by atoms with Gasteiger partial charge in [-0.2, -0.15) is 0 Å². The molecule has 1 aromatic carbocycles. The number of aromatic nitrogens is 1. The second-order valence-corrected chi connectivity index (χ2v) is 4.77. The largest absolute Gasteiger partial charge is 0.332 e. The van der Waals surface area contributed by atoms with Gasteiger partial charge >= 0.3 is 0 Å². The first-order chi connectivity index (χ1) is 8.25. The summed E-state index contributed by atoms with van der Waals surface area (Å²) in [5, 5.41) is 2.90. The lowest BCUT2D eigenvalue weighted by Gasteiger charge is -2.19. The van der Waals surface area contributed by atoms with Gasteiger partial charge in [-0.05, 0) is 5.56 Å². The van der Waals surface area contributed by atoms with E-state index in [1.54, 1.807) is 29.4 Å². The van der Waals surface area contributed by atoms with Crippen molar-refractivity contribution in [1.29, 1.82) is 0 Å². The van der Waals surface area contributed by atoms with Crippen molar-refractivity contribution in [2.24, 2.45) is 0 Å². The molecule has 0 aliphatic carbocycles. The third-order valence-electron chi connectivity index (χ3n) is 2.47. The zero-order valence-electron chi connectivity index (χ0n) is 9.67. The van der Waals surface area contributed by atoms with Gasteiger partial charge in [0.05, 0.1) is 6.54 Å². The molecule has 0 aliphatic rings. The molecule has 0 bridgehead atoms. The lowest BCUT2D eigenvalue weighted by Crippen LogP contribution is -2.27. The van der Waals surface area contributed by atoms with Gasteiger partial charge in [-0.15, -0.1) is 11.3 Å². The maximum Gasteiger partial charge on any atom is 0.220 e. The van der Waals surface area contributed by atoms with Crippen molar-refractivity contribution in [2.75, 3.05) is 0 Å². The molecule has 1 heterocycles. The zero-order valence-corrected chi connectivity index (χ0v) is 10.5. The quantitative estimate of drug-likeness (QED) is 0.831. The Balaban J connectivity index is 2.06. The average Bonchev–Trinajstić information content (AvgIpc) is 2.82. The third-order valence-corrected chi connectivity index (χ3v) is 3.24. The van der Waals surface area contributed by atoms with Gasteiger partial charge in [0.25, 0.3) is 0 Å². The van der Waals surface area contributed by atoms with Crippen LogP contribution in [-0.4, -0.2) is 15.8 Å². The molecule has 0 fully saturated rings. The van der Waals surface area contributed by atoms with Gasteiger partial charge < -0.3 is 4.90 Å². The van der Waals surface area contributed by atoms with Crippen LogP contribution in [0, 0.1) is 0 Å².